The molecule has 1 aromatic heterocycles. The van der Waals surface area contributed by atoms with Gasteiger partial charge in [-0.1, -0.05) is 6.07 Å². The molecule has 3 heterocycles. The summed E-state index contributed by atoms with van der Waals surface area (Å²) in [5.74, 6) is 0.664. The molecule has 2 aliphatic rings. The van der Waals surface area contributed by atoms with Gasteiger partial charge in [0.2, 0.25) is 0 Å². The minimum atomic E-state index is -0.269. The van der Waals surface area contributed by atoms with Crippen LogP contribution in [0.3, 0.4) is 0 Å². The van der Waals surface area contributed by atoms with Crippen molar-refractivity contribution in [2.24, 2.45) is 0 Å². The standard InChI is InChI=1S/C15H23BN2O2/c1-14(2)15(3,4)20-16(19-14)12-10-17-9-11(12)13-7-5-6-8-18-13/h5-8,11-12,17H,9-10H2,1-4H3. The summed E-state index contributed by atoms with van der Waals surface area (Å²) in [4.78, 5) is 4.50. The first kappa shape index (κ1) is 14.0. The lowest BCUT2D eigenvalue weighted by Crippen LogP contribution is -2.41. The van der Waals surface area contributed by atoms with Crippen LogP contribution in [0.5, 0.6) is 0 Å². The molecular formula is C15H23BN2O2. The van der Waals surface area contributed by atoms with Crippen molar-refractivity contribution in [3.05, 3.63) is 30.1 Å². The van der Waals surface area contributed by atoms with E-state index in [4.69, 9.17) is 9.31 Å². The zero-order valence-electron chi connectivity index (χ0n) is 12.7. The number of hydrogen-bond donors (Lipinski definition) is 1. The zero-order chi connectivity index (χ0) is 14.4. The summed E-state index contributed by atoms with van der Waals surface area (Å²) >= 11 is 0. The van der Waals surface area contributed by atoms with E-state index < -0.39 is 0 Å². The van der Waals surface area contributed by atoms with Crippen LogP contribution in [0.1, 0.15) is 39.3 Å². The molecule has 0 radical (unpaired) electrons. The second-order valence-corrected chi connectivity index (χ2v) is 6.81. The van der Waals surface area contributed by atoms with E-state index >= 15 is 0 Å². The second-order valence-electron chi connectivity index (χ2n) is 6.81. The molecule has 2 aliphatic heterocycles. The van der Waals surface area contributed by atoms with Crippen LogP contribution >= 0.6 is 0 Å². The van der Waals surface area contributed by atoms with Crippen LogP contribution in [0.15, 0.2) is 24.4 Å². The predicted octanol–water partition coefficient (Wildman–Crippen LogP) is 2.23. The number of nitrogens with one attached hydrogen (secondary N) is 1. The lowest BCUT2D eigenvalue weighted by atomic mass is 9.65. The third-order valence-electron chi connectivity index (χ3n) is 4.95. The van der Waals surface area contributed by atoms with Gasteiger partial charge in [-0.15, -0.1) is 0 Å². The Labute approximate surface area is 121 Å². The molecule has 4 nitrogen and oxygen atoms in total. The van der Waals surface area contributed by atoms with Gasteiger partial charge in [0.05, 0.1) is 11.2 Å². The summed E-state index contributed by atoms with van der Waals surface area (Å²) in [7, 11) is -0.165. The Kier molecular flexibility index (Phi) is 3.39. The van der Waals surface area contributed by atoms with E-state index in [-0.39, 0.29) is 18.3 Å². The highest BCUT2D eigenvalue weighted by atomic mass is 16.7. The quantitative estimate of drug-likeness (QED) is 0.840. The first-order valence-electron chi connectivity index (χ1n) is 7.38. The van der Waals surface area contributed by atoms with Gasteiger partial charge >= 0.3 is 7.12 Å². The third-order valence-corrected chi connectivity index (χ3v) is 4.95. The van der Waals surface area contributed by atoms with Crippen LogP contribution in [0.25, 0.3) is 0 Å². The fourth-order valence-corrected chi connectivity index (χ4v) is 2.97. The largest absolute Gasteiger partial charge is 0.463 e. The van der Waals surface area contributed by atoms with E-state index in [1.165, 1.54) is 0 Å². The maximum atomic E-state index is 6.21. The van der Waals surface area contributed by atoms with Crippen LogP contribution in [-0.4, -0.2) is 36.4 Å². The lowest BCUT2D eigenvalue weighted by Gasteiger charge is -2.32. The summed E-state index contributed by atoms with van der Waals surface area (Å²) in [5.41, 5.74) is 0.585. The predicted molar refractivity (Wildman–Crippen MR) is 79.7 cm³/mol. The lowest BCUT2D eigenvalue weighted by molar-refractivity contribution is 0.00578. The Morgan fingerprint density at radius 3 is 2.45 bits per heavy atom. The van der Waals surface area contributed by atoms with Crippen molar-refractivity contribution >= 4 is 7.12 Å². The van der Waals surface area contributed by atoms with E-state index in [2.05, 4.69) is 44.1 Å². The van der Waals surface area contributed by atoms with Gasteiger partial charge < -0.3 is 14.6 Å². The fourth-order valence-electron chi connectivity index (χ4n) is 2.97. The zero-order valence-corrected chi connectivity index (χ0v) is 12.7. The van der Waals surface area contributed by atoms with Gasteiger partial charge in [-0.25, -0.2) is 0 Å². The molecule has 108 valence electrons. The van der Waals surface area contributed by atoms with Gasteiger partial charge in [-0.3, -0.25) is 4.98 Å². The number of rotatable bonds is 2. The number of pyridine rings is 1. The van der Waals surface area contributed by atoms with E-state index in [0.717, 1.165) is 18.8 Å². The number of nitrogens with zero attached hydrogens (tertiary/aromatic N) is 1. The first-order chi connectivity index (χ1) is 9.41. The molecule has 0 saturated carbocycles. The first-order valence-corrected chi connectivity index (χ1v) is 7.38. The monoisotopic (exact) mass is 274 g/mol. The maximum absolute atomic E-state index is 6.21. The van der Waals surface area contributed by atoms with Crippen LogP contribution in [0.2, 0.25) is 5.82 Å². The van der Waals surface area contributed by atoms with Gasteiger partial charge in [0, 0.05) is 30.2 Å². The van der Waals surface area contributed by atoms with E-state index in [1.807, 2.05) is 18.3 Å². The van der Waals surface area contributed by atoms with Gasteiger partial charge in [0.1, 0.15) is 0 Å². The Bertz CT molecular complexity index is 462. The highest BCUT2D eigenvalue weighted by Crippen LogP contribution is 2.44. The van der Waals surface area contributed by atoms with Crippen molar-refractivity contribution < 1.29 is 9.31 Å². The Morgan fingerprint density at radius 2 is 1.85 bits per heavy atom. The molecule has 1 N–H and O–H groups in total. The van der Waals surface area contributed by atoms with Crippen LogP contribution in [-0.2, 0) is 9.31 Å². The van der Waals surface area contributed by atoms with Crippen molar-refractivity contribution in [1.29, 1.82) is 0 Å². The van der Waals surface area contributed by atoms with Crippen LogP contribution in [0, 0.1) is 0 Å². The highest BCUT2D eigenvalue weighted by molar-refractivity contribution is 6.48. The maximum Gasteiger partial charge on any atom is 0.463 e. The third kappa shape index (κ3) is 2.28. The van der Waals surface area contributed by atoms with Crippen molar-refractivity contribution in [3.8, 4) is 0 Å². The van der Waals surface area contributed by atoms with Crippen molar-refractivity contribution in [1.82, 2.24) is 10.3 Å². The van der Waals surface area contributed by atoms with Crippen molar-refractivity contribution in [2.75, 3.05) is 13.1 Å². The molecule has 1 aromatic rings. The average Bonchev–Trinajstić information content (AvgIpc) is 2.94. The normalized spacial score (nSPS) is 31.7. The molecule has 2 atom stereocenters. The molecule has 5 heteroatoms. The molecule has 2 saturated heterocycles. The van der Waals surface area contributed by atoms with Gasteiger partial charge in [0.15, 0.2) is 0 Å². The van der Waals surface area contributed by atoms with Gasteiger partial charge in [-0.05, 0) is 46.4 Å². The molecular weight excluding hydrogens is 251 g/mol. The molecule has 0 amide bonds. The van der Waals surface area contributed by atoms with Gasteiger partial charge in [-0.2, -0.15) is 0 Å². The Balaban J connectivity index is 1.81. The van der Waals surface area contributed by atoms with Gasteiger partial charge in [0.25, 0.3) is 0 Å². The molecule has 0 bridgehead atoms. The van der Waals surface area contributed by atoms with Crippen molar-refractivity contribution in [2.45, 2.75) is 50.6 Å². The summed E-state index contributed by atoms with van der Waals surface area (Å²) < 4.78 is 12.4. The van der Waals surface area contributed by atoms with E-state index in [0.29, 0.717) is 11.7 Å². The molecule has 2 fully saturated rings. The van der Waals surface area contributed by atoms with Crippen LogP contribution < -0.4 is 5.32 Å². The second kappa shape index (κ2) is 4.83. The summed E-state index contributed by atoms with van der Waals surface area (Å²) in [5, 5.41) is 3.45. The fraction of sp³-hybridized carbons (Fsp3) is 0.667. The summed E-state index contributed by atoms with van der Waals surface area (Å²) in [6, 6.07) is 6.09. The number of aromatic nitrogens is 1. The van der Waals surface area contributed by atoms with E-state index in [9.17, 15) is 0 Å². The molecule has 0 spiro atoms. The van der Waals surface area contributed by atoms with Crippen molar-refractivity contribution in [3.63, 3.8) is 0 Å². The van der Waals surface area contributed by atoms with Crippen LogP contribution in [0.4, 0.5) is 0 Å². The molecule has 20 heavy (non-hydrogen) atoms. The Morgan fingerprint density at radius 1 is 1.15 bits per heavy atom. The SMILES string of the molecule is CC1(C)OB(C2CNCC2c2ccccn2)OC1(C)C. The average molecular weight is 274 g/mol. The molecule has 0 aromatic carbocycles. The summed E-state index contributed by atoms with van der Waals surface area (Å²) in [6.07, 6.45) is 1.86. The minimum Gasteiger partial charge on any atom is -0.403 e. The smallest absolute Gasteiger partial charge is 0.403 e. The minimum absolute atomic E-state index is 0.165. The summed E-state index contributed by atoms with van der Waals surface area (Å²) in [6.45, 7) is 10.3. The molecule has 0 aliphatic carbocycles. The molecule has 3 rings (SSSR count). The number of hydrogen-bond acceptors (Lipinski definition) is 4. The topological polar surface area (TPSA) is 43.4 Å². The highest BCUT2D eigenvalue weighted by Gasteiger charge is 2.56. The Hall–Kier alpha value is -0.905. The molecule has 2 unspecified atom stereocenters. The van der Waals surface area contributed by atoms with E-state index in [1.54, 1.807) is 0 Å².